The van der Waals surface area contributed by atoms with Crippen molar-refractivity contribution in [3.05, 3.63) is 0 Å². The van der Waals surface area contributed by atoms with Gasteiger partial charge in [-0.1, -0.05) is 6.92 Å². The van der Waals surface area contributed by atoms with E-state index in [2.05, 4.69) is 6.92 Å². The lowest BCUT2D eigenvalue weighted by atomic mass is 9.83. The molecule has 0 aliphatic heterocycles. The number of hydrogen-bond donors (Lipinski definition) is 1. The summed E-state index contributed by atoms with van der Waals surface area (Å²) >= 11 is 0. The zero-order valence-electron chi connectivity index (χ0n) is 6.47. The topological polar surface area (TPSA) is 43.1 Å². The summed E-state index contributed by atoms with van der Waals surface area (Å²) in [6.45, 7) is 2.23. The smallest absolute Gasteiger partial charge is 0.220 e. The van der Waals surface area contributed by atoms with Crippen molar-refractivity contribution >= 4 is 5.91 Å². The molecule has 1 aliphatic rings. The van der Waals surface area contributed by atoms with E-state index >= 15 is 0 Å². The van der Waals surface area contributed by atoms with Crippen LogP contribution in [-0.4, -0.2) is 5.91 Å². The monoisotopic (exact) mass is 141 g/mol. The van der Waals surface area contributed by atoms with E-state index in [0.29, 0.717) is 0 Å². The van der Waals surface area contributed by atoms with Gasteiger partial charge >= 0.3 is 0 Å². The van der Waals surface area contributed by atoms with Crippen molar-refractivity contribution in [3.63, 3.8) is 0 Å². The van der Waals surface area contributed by atoms with Crippen molar-refractivity contribution in [3.8, 4) is 0 Å². The maximum atomic E-state index is 10.7. The Morgan fingerprint density at radius 2 is 1.80 bits per heavy atom. The molecule has 58 valence electrons. The number of amides is 1. The minimum absolute atomic E-state index is 0.105. The fraction of sp³-hybridized carbons (Fsp3) is 0.875. The summed E-state index contributed by atoms with van der Waals surface area (Å²) in [5.74, 6) is 0.874. The number of carbonyl (C=O) groups excluding carboxylic acids is 1. The lowest BCUT2D eigenvalue weighted by molar-refractivity contribution is -0.122. The highest BCUT2D eigenvalue weighted by Gasteiger charge is 2.21. The number of rotatable bonds is 1. The molecule has 0 atom stereocenters. The van der Waals surface area contributed by atoms with Crippen molar-refractivity contribution in [1.29, 1.82) is 0 Å². The van der Waals surface area contributed by atoms with E-state index in [9.17, 15) is 4.79 Å². The lowest BCUT2D eigenvalue weighted by Crippen LogP contribution is -2.26. The number of primary amides is 1. The summed E-state index contributed by atoms with van der Waals surface area (Å²) in [6, 6.07) is 0. The zero-order valence-corrected chi connectivity index (χ0v) is 6.47. The first-order valence-corrected chi connectivity index (χ1v) is 3.99. The number of hydrogen-bond acceptors (Lipinski definition) is 1. The number of nitrogens with two attached hydrogens (primary N) is 1. The van der Waals surface area contributed by atoms with Crippen molar-refractivity contribution in [1.82, 2.24) is 0 Å². The summed E-state index contributed by atoms with van der Waals surface area (Å²) in [7, 11) is 0. The third-order valence-corrected chi connectivity index (χ3v) is 2.42. The molecule has 0 aromatic carbocycles. The van der Waals surface area contributed by atoms with Gasteiger partial charge in [-0.15, -0.1) is 0 Å². The molecule has 0 aromatic rings. The van der Waals surface area contributed by atoms with Crippen LogP contribution >= 0.6 is 0 Å². The first-order chi connectivity index (χ1) is 4.70. The van der Waals surface area contributed by atoms with E-state index in [1.807, 2.05) is 0 Å². The maximum absolute atomic E-state index is 10.7. The highest BCUT2D eigenvalue weighted by atomic mass is 16.1. The van der Waals surface area contributed by atoms with Crippen LogP contribution in [0.25, 0.3) is 0 Å². The van der Waals surface area contributed by atoms with Gasteiger partial charge in [-0.05, 0) is 31.6 Å². The Labute approximate surface area is 61.8 Å². The van der Waals surface area contributed by atoms with Crippen LogP contribution in [0.5, 0.6) is 0 Å². The van der Waals surface area contributed by atoms with Gasteiger partial charge < -0.3 is 5.73 Å². The van der Waals surface area contributed by atoms with Crippen LogP contribution in [0.3, 0.4) is 0 Å². The molecule has 0 spiro atoms. The SMILES string of the molecule is C[C@H]1CC[C@@H](C(N)=O)CC1. The Kier molecular flexibility index (Phi) is 2.30. The molecule has 10 heavy (non-hydrogen) atoms. The van der Waals surface area contributed by atoms with Crippen LogP contribution in [0.2, 0.25) is 0 Å². The first-order valence-electron chi connectivity index (χ1n) is 3.99. The van der Waals surface area contributed by atoms with E-state index < -0.39 is 0 Å². The van der Waals surface area contributed by atoms with Gasteiger partial charge in [-0.3, -0.25) is 4.79 Å². The molecule has 1 amide bonds. The van der Waals surface area contributed by atoms with Crippen molar-refractivity contribution in [2.24, 2.45) is 17.6 Å². The average Bonchev–Trinajstić information content (AvgIpc) is 1.88. The van der Waals surface area contributed by atoms with Gasteiger partial charge in [0.2, 0.25) is 5.91 Å². The first kappa shape index (κ1) is 7.58. The molecular formula is C8H15NO. The Morgan fingerprint density at radius 1 is 1.30 bits per heavy atom. The lowest BCUT2D eigenvalue weighted by Gasteiger charge is -2.23. The predicted molar refractivity (Wildman–Crippen MR) is 40.3 cm³/mol. The van der Waals surface area contributed by atoms with E-state index in [0.717, 1.165) is 18.8 Å². The van der Waals surface area contributed by atoms with E-state index in [4.69, 9.17) is 5.73 Å². The molecular weight excluding hydrogens is 126 g/mol. The highest BCUT2D eigenvalue weighted by molar-refractivity contribution is 5.76. The van der Waals surface area contributed by atoms with Crippen LogP contribution < -0.4 is 5.73 Å². The second-order valence-corrected chi connectivity index (χ2v) is 3.36. The molecule has 1 saturated carbocycles. The third-order valence-electron chi connectivity index (χ3n) is 2.42. The minimum Gasteiger partial charge on any atom is -0.369 e. The molecule has 0 saturated heterocycles. The van der Waals surface area contributed by atoms with Gasteiger partial charge in [0.15, 0.2) is 0 Å². The largest absolute Gasteiger partial charge is 0.369 e. The fourth-order valence-electron chi connectivity index (χ4n) is 1.54. The van der Waals surface area contributed by atoms with Crippen molar-refractivity contribution in [2.45, 2.75) is 32.6 Å². The van der Waals surface area contributed by atoms with Crippen LogP contribution in [0.15, 0.2) is 0 Å². The normalized spacial score (nSPS) is 33.7. The Morgan fingerprint density at radius 3 is 2.20 bits per heavy atom. The van der Waals surface area contributed by atoms with Crippen molar-refractivity contribution in [2.75, 3.05) is 0 Å². The minimum atomic E-state index is -0.105. The van der Waals surface area contributed by atoms with Gasteiger partial charge in [0, 0.05) is 5.92 Å². The van der Waals surface area contributed by atoms with Crippen LogP contribution in [-0.2, 0) is 4.79 Å². The number of carbonyl (C=O) groups is 1. The molecule has 0 unspecified atom stereocenters. The maximum Gasteiger partial charge on any atom is 0.220 e. The molecule has 2 heteroatoms. The highest BCUT2D eigenvalue weighted by Crippen LogP contribution is 2.27. The second kappa shape index (κ2) is 3.04. The van der Waals surface area contributed by atoms with Gasteiger partial charge in [0.25, 0.3) is 0 Å². The molecule has 0 heterocycles. The van der Waals surface area contributed by atoms with Gasteiger partial charge in [0.05, 0.1) is 0 Å². The van der Waals surface area contributed by atoms with Gasteiger partial charge in [-0.25, -0.2) is 0 Å². The van der Waals surface area contributed by atoms with Crippen molar-refractivity contribution < 1.29 is 4.79 Å². The summed E-state index contributed by atoms with van der Waals surface area (Å²) in [5, 5.41) is 0. The molecule has 0 radical (unpaired) electrons. The van der Waals surface area contributed by atoms with Crippen LogP contribution in [0.1, 0.15) is 32.6 Å². The summed E-state index contributed by atoms with van der Waals surface area (Å²) in [6.07, 6.45) is 4.37. The van der Waals surface area contributed by atoms with E-state index in [1.54, 1.807) is 0 Å². The fourth-order valence-corrected chi connectivity index (χ4v) is 1.54. The Hall–Kier alpha value is -0.530. The van der Waals surface area contributed by atoms with Crippen LogP contribution in [0.4, 0.5) is 0 Å². The Bertz CT molecular complexity index is 125. The molecule has 0 bridgehead atoms. The quantitative estimate of drug-likeness (QED) is 0.587. The molecule has 2 nitrogen and oxygen atoms in total. The standard InChI is InChI=1S/C8H15NO/c1-6-2-4-7(5-3-6)8(9)10/h6-7H,2-5H2,1H3,(H2,9,10)/t6-,7+. The predicted octanol–water partition coefficient (Wildman–Crippen LogP) is 1.30. The molecule has 1 fully saturated rings. The van der Waals surface area contributed by atoms with Crippen LogP contribution in [0, 0.1) is 11.8 Å². The van der Waals surface area contributed by atoms with Gasteiger partial charge in [-0.2, -0.15) is 0 Å². The summed E-state index contributed by atoms with van der Waals surface area (Å²) in [5.41, 5.74) is 5.17. The summed E-state index contributed by atoms with van der Waals surface area (Å²) in [4.78, 5) is 10.7. The molecule has 1 rings (SSSR count). The molecule has 2 N–H and O–H groups in total. The molecule has 1 aliphatic carbocycles. The third kappa shape index (κ3) is 1.72. The average molecular weight is 141 g/mol. The molecule has 0 aromatic heterocycles. The second-order valence-electron chi connectivity index (χ2n) is 3.36. The van der Waals surface area contributed by atoms with E-state index in [1.165, 1.54) is 12.8 Å². The van der Waals surface area contributed by atoms with Gasteiger partial charge in [0.1, 0.15) is 0 Å². The summed E-state index contributed by atoms with van der Waals surface area (Å²) < 4.78 is 0. The van der Waals surface area contributed by atoms with E-state index in [-0.39, 0.29) is 11.8 Å². The zero-order chi connectivity index (χ0) is 7.56. The Balaban J connectivity index is 2.33.